The van der Waals surface area contributed by atoms with Crippen molar-refractivity contribution < 1.29 is 9.18 Å². The number of hydrogen-bond donors (Lipinski definition) is 1. The molecule has 1 heterocycles. The summed E-state index contributed by atoms with van der Waals surface area (Å²) in [4.78, 5) is 10.6. The van der Waals surface area contributed by atoms with Crippen LogP contribution in [0.25, 0.3) is 0 Å². The highest BCUT2D eigenvalue weighted by molar-refractivity contribution is 6.18. The normalized spacial score (nSPS) is 13.5. The second-order valence-corrected chi connectivity index (χ2v) is 2.12. The van der Waals surface area contributed by atoms with Gasteiger partial charge in [-0.15, -0.1) is 0 Å². The third-order valence-corrected chi connectivity index (χ3v) is 1.49. The predicted molar refractivity (Wildman–Crippen MR) is 34.4 cm³/mol. The molecule has 10 heavy (non-hydrogen) atoms. The van der Waals surface area contributed by atoms with Crippen molar-refractivity contribution in [2.45, 2.75) is 0 Å². The van der Waals surface area contributed by atoms with Gasteiger partial charge in [-0.05, 0) is 12.1 Å². The van der Waals surface area contributed by atoms with Crippen LogP contribution in [0.3, 0.4) is 0 Å². The molecule has 1 aromatic carbocycles. The summed E-state index contributed by atoms with van der Waals surface area (Å²) in [5, 5.41) is 2.45. The zero-order chi connectivity index (χ0) is 7.14. The predicted octanol–water partition coefficient (Wildman–Crippen LogP) is 1.39. The summed E-state index contributed by atoms with van der Waals surface area (Å²) in [6, 6.07) is 4.50. The van der Waals surface area contributed by atoms with Crippen LogP contribution in [0.1, 0.15) is 10.4 Å². The van der Waals surface area contributed by atoms with E-state index in [0.29, 0.717) is 5.69 Å². The number of rotatable bonds is 0. The van der Waals surface area contributed by atoms with E-state index < -0.39 is 5.82 Å². The lowest BCUT2D eigenvalue weighted by Crippen LogP contribution is -2.26. The Balaban J connectivity index is 2.68. The molecule has 50 valence electrons. The van der Waals surface area contributed by atoms with Crippen molar-refractivity contribution >= 4 is 11.6 Å². The van der Waals surface area contributed by atoms with E-state index in [9.17, 15) is 9.18 Å². The number of anilines is 1. The number of carbonyl (C=O) groups is 1. The highest BCUT2D eigenvalue weighted by Gasteiger charge is 2.25. The number of nitrogens with one attached hydrogen (secondary N) is 1. The van der Waals surface area contributed by atoms with Crippen molar-refractivity contribution in [1.29, 1.82) is 0 Å². The van der Waals surface area contributed by atoms with E-state index in [4.69, 9.17) is 0 Å². The first-order valence-corrected chi connectivity index (χ1v) is 2.89. The molecule has 0 aliphatic carbocycles. The van der Waals surface area contributed by atoms with E-state index in [-0.39, 0.29) is 11.5 Å². The number of halogens is 1. The zero-order valence-corrected chi connectivity index (χ0v) is 5.02. The van der Waals surface area contributed by atoms with Crippen LogP contribution >= 0.6 is 0 Å². The fourth-order valence-corrected chi connectivity index (χ4v) is 0.981. The Morgan fingerprint density at radius 3 is 2.70 bits per heavy atom. The van der Waals surface area contributed by atoms with Gasteiger partial charge in [-0.2, -0.15) is 0 Å². The van der Waals surface area contributed by atoms with E-state index in [1.807, 2.05) is 0 Å². The van der Waals surface area contributed by atoms with Crippen LogP contribution in [-0.2, 0) is 0 Å². The highest BCUT2D eigenvalue weighted by atomic mass is 19.1. The molecule has 2 nitrogen and oxygen atoms in total. The molecule has 2 rings (SSSR count). The van der Waals surface area contributed by atoms with Gasteiger partial charge in [0.05, 0.1) is 11.3 Å². The van der Waals surface area contributed by atoms with Gasteiger partial charge in [0.15, 0.2) is 0 Å². The molecule has 0 atom stereocenters. The minimum Gasteiger partial charge on any atom is -0.321 e. The lowest BCUT2D eigenvalue weighted by Gasteiger charge is -2.18. The molecule has 0 saturated carbocycles. The monoisotopic (exact) mass is 137 g/mol. The first-order chi connectivity index (χ1) is 4.79. The Morgan fingerprint density at radius 1 is 1.40 bits per heavy atom. The maximum atomic E-state index is 12.6. The summed E-state index contributed by atoms with van der Waals surface area (Å²) < 4.78 is 12.6. The van der Waals surface area contributed by atoms with Gasteiger partial charge in [0.25, 0.3) is 5.91 Å². The molecule has 0 fully saturated rings. The molecule has 1 aliphatic heterocycles. The smallest absolute Gasteiger partial charge is 0.260 e. The fourth-order valence-electron chi connectivity index (χ4n) is 0.981. The van der Waals surface area contributed by atoms with Gasteiger partial charge in [-0.25, -0.2) is 4.39 Å². The van der Waals surface area contributed by atoms with E-state index in [1.165, 1.54) is 6.07 Å². The molecule has 0 bridgehead atoms. The van der Waals surface area contributed by atoms with Crippen LogP contribution in [0.15, 0.2) is 18.2 Å². The minimum absolute atomic E-state index is 0.183. The van der Waals surface area contributed by atoms with Gasteiger partial charge in [0.1, 0.15) is 5.82 Å². The average Bonchev–Trinajstić information content (AvgIpc) is 1.85. The summed E-state index contributed by atoms with van der Waals surface area (Å²) in [7, 11) is 0. The number of fused-ring (bicyclic) bond motifs is 1. The van der Waals surface area contributed by atoms with Gasteiger partial charge in [-0.1, -0.05) is 6.07 Å². The largest absolute Gasteiger partial charge is 0.321 e. The third-order valence-electron chi connectivity index (χ3n) is 1.49. The number of carbonyl (C=O) groups excluding carboxylic acids is 1. The first-order valence-electron chi connectivity index (χ1n) is 2.89. The Bertz CT molecular complexity index is 294. The molecule has 0 radical (unpaired) electrons. The Morgan fingerprint density at radius 2 is 2.20 bits per heavy atom. The van der Waals surface area contributed by atoms with Gasteiger partial charge < -0.3 is 5.32 Å². The summed E-state index contributed by atoms with van der Waals surface area (Å²) in [6.07, 6.45) is 0. The van der Waals surface area contributed by atoms with Crippen LogP contribution in [0.2, 0.25) is 0 Å². The van der Waals surface area contributed by atoms with Crippen molar-refractivity contribution in [3.63, 3.8) is 0 Å². The summed E-state index contributed by atoms with van der Waals surface area (Å²) >= 11 is 0. The van der Waals surface area contributed by atoms with Crippen LogP contribution in [0, 0.1) is 5.82 Å². The average molecular weight is 137 g/mol. The molecular weight excluding hydrogens is 133 g/mol. The van der Waals surface area contributed by atoms with E-state index in [0.717, 1.165) is 0 Å². The quantitative estimate of drug-likeness (QED) is 0.575. The van der Waals surface area contributed by atoms with Crippen molar-refractivity contribution in [1.82, 2.24) is 0 Å². The van der Waals surface area contributed by atoms with Crippen molar-refractivity contribution in [2.24, 2.45) is 0 Å². The van der Waals surface area contributed by atoms with Crippen LogP contribution in [0.5, 0.6) is 0 Å². The van der Waals surface area contributed by atoms with Crippen LogP contribution in [-0.4, -0.2) is 5.91 Å². The summed E-state index contributed by atoms with van der Waals surface area (Å²) in [5.74, 6) is -0.769. The molecule has 3 heteroatoms. The van der Waals surface area contributed by atoms with Gasteiger partial charge >= 0.3 is 0 Å². The second-order valence-electron chi connectivity index (χ2n) is 2.12. The van der Waals surface area contributed by atoms with Crippen LogP contribution in [0.4, 0.5) is 10.1 Å². The summed E-state index contributed by atoms with van der Waals surface area (Å²) in [6.45, 7) is 0. The standard InChI is InChI=1S/C7H4FNO/c8-4-2-1-3-5-6(4)7(10)9-5/h1-3H,(H,9,10). The number of hydrogen-bond acceptors (Lipinski definition) is 1. The molecule has 0 saturated heterocycles. The number of benzene rings is 1. The molecule has 1 aromatic rings. The molecule has 1 N–H and O–H groups in total. The SMILES string of the molecule is O=C1Nc2cccc(F)c21. The van der Waals surface area contributed by atoms with Gasteiger partial charge in [0, 0.05) is 0 Å². The van der Waals surface area contributed by atoms with Crippen LogP contribution < -0.4 is 5.32 Å². The zero-order valence-electron chi connectivity index (χ0n) is 5.02. The van der Waals surface area contributed by atoms with Gasteiger partial charge in [-0.3, -0.25) is 4.79 Å². The second kappa shape index (κ2) is 1.56. The maximum absolute atomic E-state index is 12.6. The molecule has 1 amide bonds. The highest BCUT2D eigenvalue weighted by Crippen LogP contribution is 2.26. The van der Waals surface area contributed by atoms with Gasteiger partial charge in [0.2, 0.25) is 0 Å². The summed E-state index contributed by atoms with van der Waals surface area (Å²) in [5.41, 5.74) is 0.771. The van der Waals surface area contributed by atoms with E-state index >= 15 is 0 Å². The van der Waals surface area contributed by atoms with Crippen molar-refractivity contribution in [2.75, 3.05) is 5.32 Å². The maximum Gasteiger partial charge on any atom is 0.260 e. The Labute approximate surface area is 56.7 Å². The molecule has 1 aliphatic rings. The number of amides is 1. The third kappa shape index (κ3) is 0.492. The van der Waals surface area contributed by atoms with Crippen molar-refractivity contribution in [3.8, 4) is 0 Å². The molecule has 0 aromatic heterocycles. The topological polar surface area (TPSA) is 29.1 Å². The van der Waals surface area contributed by atoms with E-state index in [1.54, 1.807) is 12.1 Å². The van der Waals surface area contributed by atoms with Crippen molar-refractivity contribution in [3.05, 3.63) is 29.6 Å². The lowest BCUT2D eigenvalue weighted by atomic mass is 10.1. The molecular formula is C7H4FNO. The Hall–Kier alpha value is -1.38. The molecule has 0 unspecified atom stereocenters. The minimum atomic E-state index is -0.443. The first kappa shape index (κ1) is 5.41. The lowest BCUT2D eigenvalue weighted by molar-refractivity contribution is 0.100. The Kier molecular flexibility index (Phi) is 0.845. The van der Waals surface area contributed by atoms with E-state index in [2.05, 4.69) is 5.32 Å². The molecule has 0 spiro atoms. The fraction of sp³-hybridized carbons (Fsp3) is 0.